The number of fused-ring (bicyclic) bond motifs is 1. The van der Waals surface area contributed by atoms with Crippen LogP contribution in [0.2, 0.25) is 0 Å². The summed E-state index contributed by atoms with van der Waals surface area (Å²) in [7, 11) is -1.76. The Bertz CT molecular complexity index is 1200. The second-order valence-corrected chi connectivity index (χ2v) is 10.7. The van der Waals surface area contributed by atoms with Crippen molar-refractivity contribution in [3.8, 4) is 5.75 Å². The van der Waals surface area contributed by atoms with Gasteiger partial charge in [0, 0.05) is 20.1 Å². The molecular weight excluding hydrogens is 436 g/mol. The molecule has 5 rings (SSSR count). The Morgan fingerprint density at radius 2 is 1.64 bits per heavy atom. The molecule has 0 radical (unpaired) electrons. The van der Waals surface area contributed by atoms with Crippen LogP contribution in [-0.4, -0.2) is 43.2 Å². The largest absolute Gasteiger partial charge is 0.489 e. The van der Waals surface area contributed by atoms with Gasteiger partial charge in [0.2, 0.25) is 10.0 Å². The van der Waals surface area contributed by atoms with Gasteiger partial charge in [0.25, 0.3) is 0 Å². The highest BCUT2D eigenvalue weighted by Crippen LogP contribution is 2.37. The molecular formula is C26H28N2O4S. The van der Waals surface area contributed by atoms with Crippen LogP contribution in [0.3, 0.4) is 0 Å². The molecule has 0 aromatic heterocycles. The summed E-state index contributed by atoms with van der Waals surface area (Å²) in [5.74, 6) is 0.746. The van der Waals surface area contributed by atoms with Crippen molar-refractivity contribution in [1.29, 1.82) is 0 Å². The Morgan fingerprint density at radius 1 is 0.939 bits per heavy atom. The molecule has 2 aliphatic heterocycles. The summed E-state index contributed by atoms with van der Waals surface area (Å²) >= 11 is 0. The Balaban J connectivity index is 1.32. The van der Waals surface area contributed by atoms with Crippen molar-refractivity contribution in [1.82, 2.24) is 9.37 Å². The fraction of sp³-hybridized carbons (Fsp3) is 0.308. The zero-order valence-corrected chi connectivity index (χ0v) is 19.4. The standard InChI is InChI=1S/C26H28N2O4S/c1-27-26(22-11-13-24(14-12-22)31-18-20-7-3-2-4-8-20)25(19-32-27)33(29,30)28-16-15-21-9-5-6-10-23(21)17-28/h2-14,25-26H,15-19H2,1H3/t25-,26-/m1/s1. The lowest BCUT2D eigenvalue weighted by Crippen LogP contribution is -2.44. The van der Waals surface area contributed by atoms with Gasteiger partial charge in [0.15, 0.2) is 0 Å². The molecule has 3 aromatic rings. The molecule has 1 fully saturated rings. The minimum Gasteiger partial charge on any atom is -0.489 e. The highest BCUT2D eigenvalue weighted by molar-refractivity contribution is 7.89. The fourth-order valence-corrected chi connectivity index (χ4v) is 6.59. The Labute approximate surface area is 195 Å². The second kappa shape index (κ2) is 9.27. The maximum Gasteiger partial charge on any atom is 0.221 e. The first-order chi connectivity index (χ1) is 16.0. The van der Waals surface area contributed by atoms with Crippen LogP contribution in [0, 0.1) is 0 Å². The summed E-state index contributed by atoms with van der Waals surface area (Å²) in [5, 5.41) is 1.00. The predicted molar refractivity (Wildman–Crippen MR) is 127 cm³/mol. The van der Waals surface area contributed by atoms with Gasteiger partial charge < -0.3 is 4.74 Å². The van der Waals surface area contributed by atoms with Crippen molar-refractivity contribution in [3.05, 3.63) is 101 Å². The first kappa shape index (κ1) is 22.1. The SMILES string of the molecule is CN1OC[C@@H](S(=O)(=O)N2CCc3ccccc3C2)[C@H]1c1ccc(OCc2ccccc2)cc1. The second-order valence-electron chi connectivity index (χ2n) is 8.57. The average Bonchev–Trinajstić information content (AvgIpc) is 3.25. The summed E-state index contributed by atoms with van der Waals surface area (Å²) in [6.45, 7) is 1.55. The molecule has 33 heavy (non-hydrogen) atoms. The first-order valence-corrected chi connectivity index (χ1v) is 12.7. The third kappa shape index (κ3) is 4.54. The molecule has 7 heteroatoms. The van der Waals surface area contributed by atoms with Crippen LogP contribution in [0.15, 0.2) is 78.9 Å². The average molecular weight is 465 g/mol. The molecule has 0 unspecified atom stereocenters. The molecule has 2 aliphatic rings. The minimum atomic E-state index is -3.56. The van der Waals surface area contributed by atoms with Crippen LogP contribution in [0.4, 0.5) is 0 Å². The summed E-state index contributed by atoms with van der Waals surface area (Å²) in [5.41, 5.74) is 4.30. The van der Waals surface area contributed by atoms with Crippen LogP contribution < -0.4 is 4.74 Å². The van der Waals surface area contributed by atoms with Crippen molar-refractivity contribution in [2.45, 2.75) is 30.9 Å². The lowest BCUT2D eigenvalue weighted by atomic mass is 10.0. The van der Waals surface area contributed by atoms with Gasteiger partial charge in [-0.25, -0.2) is 8.42 Å². The lowest BCUT2D eigenvalue weighted by molar-refractivity contribution is -0.110. The van der Waals surface area contributed by atoms with E-state index in [9.17, 15) is 8.42 Å². The van der Waals surface area contributed by atoms with Gasteiger partial charge in [-0.05, 0) is 40.8 Å². The number of hydrogen-bond acceptors (Lipinski definition) is 5. The molecule has 1 saturated heterocycles. The van der Waals surface area contributed by atoms with E-state index in [0.717, 1.165) is 28.9 Å². The fourth-order valence-electron chi connectivity index (χ4n) is 4.65. The summed E-state index contributed by atoms with van der Waals surface area (Å²) in [6, 6.07) is 25.3. The minimum absolute atomic E-state index is 0.147. The van der Waals surface area contributed by atoms with E-state index in [2.05, 4.69) is 6.07 Å². The van der Waals surface area contributed by atoms with Crippen molar-refractivity contribution >= 4 is 10.0 Å². The molecule has 172 valence electrons. The molecule has 0 saturated carbocycles. The van der Waals surface area contributed by atoms with E-state index in [1.807, 2.05) is 72.8 Å². The summed E-state index contributed by atoms with van der Waals surface area (Å²) in [6.07, 6.45) is 0.733. The summed E-state index contributed by atoms with van der Waals surface area (Å²) in [4.78, 5) is 5.71. The highest BCUT2D eigenvalue weighted by Gasteiger charge is 2.46. The van der Waals surface area contributed by atoms with Gasteiger partial charge in [-0.15, -0.1) is 0 Å². The van der Waals surface area contributed by atoms with Crippen molar-refractivity contribution in [2.24, 2.45) is 0 Å². The van der Waals surface area contributed by atoms with E-state index >= 15 is 0 Å². The van der Waals surface area contributed by atoms with E-state index in [-0.39, 0.29) is 12.6 Å². The number of sulfonamides is 1. The smallest absolute Gasteiger partial charge is 0.221 e. The van der Waals surface area contributed by atoms with Gasteiger partial charge >= 0.3 is 0 Å². The number of hydrogen-bond donors (Lipinski definition) is 0. The van der Waals surface area contributed by atoms with E-state index in [0.29, 0.717) is 19.7 Å². The molecule has 2 heterocycles. The van der Waals surface area contributed by atoms with Crippen molar-refractivity contribution in [2.75, 3.05) is 20.2 Å². The Kier molecular flexibility index (Phi) is 6.21. The van der Waals surface area contributed by atoms with Gasteiger partial charge in [0.05, 0.1) is 12.6 Å². The van der Waals surface area contributed by atoms with Crippen LogP contribution in [0.5, 0.6) is 5.75 Å². The molecule has 0 bridgehead atoms. The number of rotatable bonds is 6. The van der Waals surface area contributed by atoms with Crippen LogP contribution >= 0.6 is 0 Å². The number of benzene rings is 3. The van der Waals surface area contributed by atoms with E-state index in [1.54, 1.807) is 16.4 Å². The molecule has 6 nitrogen and oxygen atoms in total. The Hall–Kier alpha value is -2.71. The maximum absolute atomic E-state index is 13.6. The number of ether oxygens (including phenoxy) is 1. The van der Waals surface area contributed by atoms with E-state index in [4.69, 9.17) is 9.57 Å². The molecule has 2 atom stereocenters. The van der Waals surface area contributed by atoms with Crippen molar-refractivity contribution in [3.63, 3.8) is 0 Å². The molecule has 0 amide bonds. The molecule has 3 aromatic carbocycles. The van der Waals surface area contributed by atoms with Crippen LogP contribution in [0.25, 0.3) is 0 Å². The monoisotopic (exact) mass is 464 g/mol. The normalized spacial score (nSPS) is 21.6. The molecule has 0 aliphatic carbocycles. The zero-order valence-electron chi connectivity index (χ0n) is 18.6. The van der Waals surface area contributed by atoms with E-state index in [1.165, 1.54) is 5.56 Å². The van der Waals surface area contributed by atoms with Gasteiger partial charge in [0.1, 0.15) is 17.6 Å². The number of hydroxylamine groups is 2. The first-order valence-electron chi connectivity index (χ1n) is 11.2. The third-order valence-electron chi connectivity index (χ3n) is 6.49. The topological polar surface area (TPSA) is 59.1 Å². The van der Waals surface area contributed by atoms with Gasteiger partial charge in [-0.2, -0.15) is 9.37 Å². The third-order valence-corrected chi connectivity index (χ3v) is 8.68. The maximum atomic E-state index is 13.6. The van der Waals surface area contributed by atoms with E-state index < -0.39 is 15.3 Å². The summed E-state index contributed by atoms with van der Waals surface area (Å²) < 4.78 is 34.8. The van der Waals surface area contributed by atoms with Gasteiger partial charge in [-0.3, -0.25) is 4.84 Å². The van der Waals surface area contributed by atoms with Crippen molar-refractivity contribution < 1.29 is 18.0 Å². The Morgan fingerprint density at radius 3 is 2.39 bits per heavy atom. The number of nitrogens with zero attached hydrogens (tertiary/aromatic N) is 2. The lowest BCUT2D eigenvalue weighted by Gasteiger charge is -2.32. The quantitative estimate of drug-likeness (QED) is 0.553. The highest BCUT2D eigenvalue weighted by atomic mass is 32.2. The van der Waals surface area contributed by atoms with Crippen LogP contribution in [0.1, 0.15) is 28.3 Å². The predicted octanol–water partition coefficient (Wildman–Crippen LogP) is 3.94. The zero-order chi connectivity index (χ0) is 22.8. The molecule has 0 N–H and O–H groups in total. The van der Waals surface area contributed by atoms with Gasteiger partial charge in [-0.1, -0.05) is 66.7 Å². The van der Waals surface area contributed by atoms with Crippen LogP contribution in [-0.2, 0) is 34.4 Å². The molecule has 0 spiro atoms.